The summed E-state index contributed by atoms with van der Waals surface area (Å²) >= 11 is -1.23. The number of aromatic nitrogens is 1. The van der Waals surface area contributed by atoms with Crippen molar-refractivity contribution in [3.63, 3.8) is 0 Å². The number of rotatable bonds is 10. The molecular weight excluding hydrogens is 1340 g/mol. The van der Waals surface area contributed by atoms with Gasteiger partial charge in [-0.05, 0) is 0 Å². The second-order valence-corrected chi connectivity index (χ2v) is 38.3. The molecule has 3 heterocycles. The summed E-state index contributed by atoms with van der Waals surface area (Å²) in [5, 5.41) is 1.34. The van der Waals surface area contributed by atoms with Gasteiger partial charge in [-0.15, -0.1) is 0 Å². The Morgan fingerprint density at radius 2 is 0.784 bits per heavy atom. The Balaban J connectivity index is 1.09. The number of fused-ring (bicyclic) bond motifs is 7. The number of hydrogen-bond acceptors (Lipinski definition) is 1. The van der Waals surface area contributed by atoms with Crippen LogP contribution >= 0.6 is 0 Å². The minimum absolute atomic E-state index is 0.0326. The zero-order chi connectivity index (χ0) is 75.4. The van der Waals surface area contributed by atoms with Gasteiger partial charge >= 0.3 is 581 Å². The summed E-state index contributed by atoms with van der Waals surface area (Å²) in [6.45, 7) is 43.7. The van der Waals surface area contributed by atoms with E-state index in [9.17, 15) is 5.48 Å². The van der Waals surface area contributed by atoms with Gasteiger partial charge in [-0.1, -0.05) is 48.5 Å². The van der Waals surface area contributed by atoms with Crippen molar-refractivity contribution in [2.75, 3.05) is 4.90 Å². The van der Waals surface area contributed by atoms with Crippen molar-refractivity contribution >= 4 is 90.1 Å². The van der Waals surface area contributed by atoms with Gasteiger partial charge in [0.2, 0.25) is 0 Å². The van der Waals surface area contributed by atoms with Crippen molar-refractivity contribution in [1.29, 1.82) is 0 Å². The molecule has 0 radical (unpaired) electrons. The van der Waals surface area contributed by atoms with Crippen molar-refractivity contribution in [2.45, 2.75) is 169 Å². The molecule has 2 nitrogen and oxygen atoms in total. The van der Waals surface area contributed by atoms with Crippen LogP contribution in [0.1, 0.15) is 187 Å². The fraction of sp³-hybridized carbons (Fsp3) is 0.265. The predicted octanol–water partition coefficient (Wildman–Crippen LogP) is 22.9. The number of para-hydroxylation sites is 2. The second kappa shape index (κ2) is 24.9. The molecule has 12 aromatic carbocycles. The summed E-state index contributed by atoms with van der Waals surface area (Å²) in [5.74, 6) is 0. The predicted molar refractivity (Wildman–Crippen MR) is 444 cm³/mol. The van der Waals surface area contributed by atoms with Gasteiger partial charge in [0.15, 0.2) is 0 Å². The van der Waals surface area contributed by atoms with Crippen LogP contribution in [0.15, 0.2) is 255 Å². The monoisotopic (exact) mass is 1450 g/mol. The molecule has 0 bridgehead atoms. The molecule has 4 heteroatoms. The number of anilines is 3. The molecule has 0 atom stereocenters. The Morgan fingerprint density at radius 1 is 0.314 bits per heavy atom. The molecule has 0 saturated heterocycles. The zero-order valence-corrected chi connectivity index (χ0v) is 65.6. The summed E-state index contributed by atoms with van der Waals surface area (Å²) < 4.78 is 43.4. The molecule has 0 amide bonds. The summed E-state index contributed by atoms with van der Waals surface area (Å²) in [5.41, 5.74) is 28.3. The maximum absolute atomic E-state index is 10.0. The van der Waals surface area contributed by atoms with E-state index in [1.165, 1.54) is 90.4 Å². The molecule has 0 aliphatic carbocycles. The first kappa shape index (κ1) is 64.0. The van der Waals surface area contributed by atoms with Gasteiger partial charge in [0.05, 0.1) is 0 Å². The quantitative estimate of drug-likeness (QED) is 0.124. The standard InChI is InChI=1S/C98H99BN2Te/c1-92(2,3)71-46-48-85-81(59-71)80-36-26-27-39-84(80)100(85)77-60-87-90-89(61-77)102-88-49-43-64(67-53-75(95(10,11)12)58-76(54-67)96(13,14)15)56-83(88)99(90)82-55-63(66-51-73(93(4,5)6)57-74(52-66)94(7,8)9)42-47-86(82)101(87)91-78(62-40-44-70(45-41-62)97(16,17)68-31-22-20-23-32-68)37-29-38-79(91)65-30-28-35-72(50-65)98(18,19)69-33-24-21-25-34-69/h20-61H,1-19H3/i26D,27D,36D,39D. The van der Waals surface area contributed by atoms with Crippen molar-refractivity contribution in [1.82, 2.24) is 4.57 Å². The van der Waals surface area contributed by atoms with E-state index in [1.54, 1.807) is 0 Å². The maximum atomic E-state index is 10.0. The van der Waals surface area contributed by atoms with Crippen molar-refractivity contribution in [2.24, 2.45) is 0 Å². The molecule has 1 aromatic heterocycles. The normalized spacial score (nSPS) is 14.1. The van der Waals surface area contributed by atoms with Crippen LogP contribution in [0.3, 0.4) is 0 Å². The van der Waals surface area contributed by atoms with Crippen LogP contribution in [0, 0.1) is 0 Å². The molecule has 2 aliphatic rings. The average Bonchev–Trinajstić information content (AvgIpc) is 1.23. The Hall–Kier alpha value is -8.91. The molecule has 0 saturated carbocycles. The van der Waals surface area contributed by atoms with Gasteiger partial charge < -0.3 is 0 Å². The van der Waals surface area contributed by atoms with Gasteiger partial charge in [0.1, 0.15) is 0 Å². The minimum atomic E-state index is -1.23. The summed E-state index contributed by atoms with van der Waals surface area (Å²) in [6.07, 6.45) is 0. The van der Waals surface area contributed by atoms with Crippen LogP contribution in [-0.2, 0) is 37.9 Å². The SMILES string of the molecule is [2H]c1c([2H])c([2H])c2c(c1[2H])c1cc(C(C)(C)C)ccc1n2-c1cc2c3c(c1)N(c1c(-c4ccc(C(C)(C)c5ccccc5)cc4)cccc1-c1cccc(C(C)(C)c4ccccc4)c1)c1ccc(-c4cc(C(C)(C)C)cc(C(C)(C)C)c4)cc1B3c1cc(-c3cc(C(C)(C)C)cc(C(C)(C)C)c3)ccc1[Te]2. The number of benzene rings is 12. The first-order chi connectivity index (χ1) is 49.9. The van der Waals surface area contributed by atoms with Gasteiger partial charge in [-0.2, -0.15) is 0 Å². The Kier molecular flexibility index (Phi) is 15.6. The van der Waals surface area contributed by atoms with Crippen LogP contribution in [0.2, 0.25) is 0 Å². The molecule has 15 rings (SSSR count). The van der Waals surface area contributed by atoms with Gasteiger partial charge in [-0.25, -0.2) is 0 Å². The van der Waals surface area contributed by atoms with E-state index in [2.05, 4.69) is 372 Å². The average molecular weight is 1450 g/mol. The third kappa shape index (κ3) is 12.3. The van der Waals surface area contributed by atoms with E-state index in [4.69, 9.17) is 0 Å². The number of nitrogens with zero attached hydrogens (tertiary/aromatic N) is 2. The van der Waals surface area contributed by atoms with Crippen LogP contribution in [-0.4, -0.2) is 32.2 Å². The molecule has 510 valence electrons. The molecule has 0 spiro atoms. The first-order valence-corrected chi connectivity index (χ1v) is 39.0. The Morgan fingerprint density at radius 3 is 1.35 bits per heavy atom. The van der Waals surface area contributed by atoms with Crippen LogP contribution in [0.4, 0.5) is 17.1 Å². The fourth-order valence-electron chi connectivity index (χ4n) is 15.7. The molecule has 13 aromatic rings. The van der Waals surface area contributed by atoms with Gasteiger partial charge in [0.25, 0.3) is 0 Å². The molecule has 0 N–H and O–H groups in total. The van der Waals surface area contributed by atoms with E-state index in [1.807, 2.05) is 0 Å². The van der Waals surface area contributed by atoms with E-state index in [-0.39, 0.29) is 68.8 Å². The molecule has 0 unspecified atom stereocenters. The van der Waals surface area contributed by atoms with E-state index < -0.39 is 20.9 Å². The van der Waals surface area contributed by atoms with Crippen molar-refractivity contribution in [3.05, 3.63) is 305 Å². The van der Waals surface area contributed by atoms with Gasteiger partial charge in [-0.3, -0.25) is 0 Å². The summed E-state index contributed by atoms with van der Waals surface area (Å²) in [6, 6.07) is 87.5. The van der Waals surface area contributed by atoms with Crippen molar-refractivity contribution < 1.29 is 5.48 Å². The third-order valence-electron chi connectivity index (χ3n) is 22.3. The van der Waals surface area contributed by atoms with E-state index in [0.717, 1.165) is 61.5 Å². The van der Waals surface area contributed by atoms with E-state index >= 15 is 0 Å². The summed E-state index contributed by atoms with van der Waals surface area (Å²) in [7, 11) is 0. The molecule has 2 aliphatic heterocycles. The Bertz CT molecular complexity index is 5620. The fourth-order valence-corrected chi connectivity index (χ4v) is 19.0. The third-order valence-corrected chi connectivity index (χ3v) is 25.6. The zero-order valence-electron chi connectivity index (χ0n) is 67.3. The second-order valence-electron chi connectivity index (χ2n) is 35.3. The van der Waals surface area contributed by atoms with E-state index in [0.29, 0.717) is 10.9 Å². The van der Waals surface area contributed by atoms with Gasteiger partial charge in [0, 0.05) is 0 Å². The first-order valence-electron chi connectivity index (χ1n) is 38.7. The molecule has 0 fully saturated rings. The molecular formula is C98H99BN2Te. The molecule has 102 heavy (non-hydrogen) atoms. The topological polar surface area (TPSA) is 8.17 Å². The van der Waals surface area contributed by atoms with Crippen LogP contribution in [0.5, 0.6) is 0 Å². The Labute approximate surface area is 625 Å². The van der Waals surface area contributed by atoms with Crippen LogP contribution in [0.25, 0.3) is 72.0 Å². The summed E-state index contributed by atoms with van der Waals surface area (Å²) in [4.78, 5) is 2.64. The number of hydrogen-bond donors (Lipinski definition) is 0. The van der Waals surface area contributed by atoms with Crippen LogP contribution < -0.4 is 28.5 Å². The van der Waals surface area contributed by atoms with Crippen molar-refractivity contribution in [3.8, 4) is 50.2 Å².